The van der Waals surface area contributed by atoms with Crippen LogP contribution in [-0.4, -0.2) is 30.1 Å². The number of carbonyl (C=O) groups excluding carboxylic acids is 2. The molecule has 0 spiro atoms. The fourth-order valence-electron chi connectivity index (χ4n) is 1.28. The van der Waals surface area contributed by atoms with E-state index in [0.717, 1.165) is 12.2 Å². The maximum absolute atomic E-state index is 11.4. The van der Waals surface area contributed by atoms with E-state index in [1.165, 1.54) is 7.11 Å². The number of benzene rings is 1. The van der Waals surface area contributed by atoms with Crippen LogP contribution < -0.4 is 5.32 Å². The van der Waals surface area contributed by atoms with Gasteiger partial charge in [0.15, 0.2) is 0 Å². The average Bonchev–Trinajstić information content (AvgIpc) is 2.37. The Hall–Kier alpha value is -2.63. The van der Waals surface area contributed by atoms with Crippen molar-refractivity contribution in [3.8, 4) is 0 Å². The monoisotopic (exact) mass is 263 g/mol. The highest BCUT2D eigenvalue weighted by molar-refractivity contribution is 6.02. The van der Waals surface area contributed by atoms with Crippen molar-refractivity contribution < 1.29 is 24.2 Å². The zero-order chi connectivity index (χ0) is 14.3. The number of carbonyl (C=O) groups is 3. The molecule has 0 aliphatic heterocycles. The highest BCUT2D eigenvalue weighted by atomic mass is 16.5. The number of ether oxygens (including phenoxy) is 1. The SMILES string of the molecule is COC(=O)/C=C/C(=O)Nc1ccc(CC(=O)O)cc1. The molecule has 0 aromatic heterocycles. The van der Waals surface area contributed by atoms with Crippen molar-refractivity contribution in [1.82, 2.24) is 0 Å². The van der Waals surface area contributed by atoms with E-state index in [2.05, 4.69) is 10.1 Å². The number of rotatable bonds is 5. The minimum Gasteiger partial charge on any atom is -0.481 e. The Morgan fingerprint density at radius 3 is 2.37 bits per heavy atom. The number of nitrogens with one attached hydrogen (secondary N) is 1. The van der Waals surface area contributed by atoms with Crippen LogP contribution in [0.15, 0.2) is 36.4 Å². The Morgan fingerprint density at radius 1 is 1.21 bits per heavy atom. The summed E-state index contributed by atoms with van der Waals surface area (Å²) in [5.41, 5.74) is 1.14. The van der Waals surface area contributed by atoms with Crippen LogP contribution in [0.2, 0.25) is 0 Å². The first-order chi connectivity index (χ1) is 9.01. The van der Waals surface area contributed by atoms with Gasteiger partial charge in [0.25, 0.3) is 0 Å². The van der Waals surface area contributed by atoms with E-state index in [4.69, 9.17) is 5.11 Å². The first kappa shape index (κ1) is 14.4. The van der Waals surface area contributed by atoms with Crippen molar-refractivity contribution in [3.63, 3.8) is 0 Å². The summed E-state index contributed by atoms with van der Waals surface area (Å²) >= 11 is 0. The third-order valence-electron chi connectivity index (χ3n) is 2.15. The number of carboxylic acid groups (broad SMARTS) is 1. The number of methoxy groups -OCH3 is 1. The number of amides is 1. The van der Waals surface area contributed by atoms with Crippen LogP contribution in [0.5, 0.6) is 0 Å². The number of aliphatic carboxylic acids is 1. The van der Waals surface area contributed by atoms with Crippen molar-refractivity contribution in [2.75, 3.05) is 12.4 Å². The lowest BCUT2D eigenvalue weighted by atomic mass is 10.1. The first-order valence-electron chi connectivity index (χ1n) is 5.39. The molecule has 0 radical (unpaired) electrons. The molecule has 0 fully saturated rings. The number of hydrogen-bond donors (Lipinski definition) is 2. The Balaban J connectivity index is 2.58. The van der Waals surface area contributed by atoms with Crippen LogP contribution in [-0.2, 0) is 25.5 Å². The minimum absolute atomic E-state index is 0.0729. The molecular formula is C13H13NO5. The molecule has 100 valence electrons. The van der Waals surface area contributed by atoms with Crippen molar-refractivity contribution >= 4 is 23.5 Å². The van der Waals surface area contributed by atoms with Crippen molar-refractivity contribution in [1.29, 1.82) is 0 Å². The van der Waals surface area contributed by atoms with Gasteiger partial charge in [0.2, 0.25) is 5.91 Å². The van der Waals surface area contributed by atoms with E-state index in [0.29, 0.717) is 11.3 Å². The summed E-state index contributed by atoms with van der Waals surface area (Å²) in [6, 6.07) is 6.38. The molecule has 0 aliphatic rings. The Kier molecular flexibility index (Phi) is 5.28. The highest BCUT2D eigenvalue weighted by Crippen LogP contribution is 2.10. The van der Waals surface area contributed by atoms with Crippen molar-refractivity contribution in [2.45, 2.75) is 6.42 Å². The summed E-state index contributed by atoms with van der Waals surface area (Å²) in [6.45, 7) is 0. The second-order valence-electron chi connectivity index (χ2n) is 3.61. The van der Waals surface area contributed by atoms with Crippen LogP contribution in [0.1, 0.15) is 5.56 Å². The second-order valence-corrected chi connectivity index (χ2v) is 3.61. The van der Waals surface area contributed by atoms with Gasteiger partial charge in [-0.15, -0.1) is 0 Å². The molecule has 0 aliphatic carbocycles. The fourth-order valence-corrected chi connectivity index (χ4v) is 1.28. The Labute approximate surface area is 109 Å². The molecule has 0 bridgehead atoms. The fraction of sp³-hybridized carbons (Fsp3) is 0.154. The highest BCUT2D eigenvalue weighted by Gasteiger charge is 2.02. The van der Waals surface area contributed by atoms with Gasteiger partial charge < -0.3 is 15.2 Å². The van der Waals surface area contributed by atoms with Gasteiger partial charge in [-0.25, -0.2) is 4.79 Å². The lowest BCUT2D eigenvalue weighted by molar-refractivity contribution is -0.136. The Bertz CT molecular complexity index is 504. The zero-order valence-electron chi connectivity index (χ0n) is 10.3. The average molecular weight is 263 g/mol. The van der Waals surface area contributed by atoms with Crippen LogP contribution in [0.25, 0.3) is 0 Å². The number of carboxylic acids is 1. The van der Waals surface area contributed by atoms with E-state index in [1.54, 1.807) is 24.3 Å². The molecule has 0 heterocycles. The molecule has 0 atom stereocenters. The smallest absolute Gasteiger partial charge is 0.330 e. The minimum atomic E-state index is -0.919. The number of anilines is 1. The predicted octanol–water partition coefficient (Wildman–Crippen LogP) is 0.981. The summed E-state index contributed by atoms with van der Waals surface area (Å²) in [5, 5.41) is 11.1. The summed E-state index contributed by atoms with van der Waals surface area (Å²) < 4.78 is 4.34. The third kappa shape index (κ3) is 5.49. The molecule has 0 saturated heterocycles. The van der Waals surface area contributed by atoms with Crippen LogP contribution in [0, 0.1) is 0 Å². The largest absolute Gasteiger partial charge is 0.481 e. The van der Waals surface area contributed by atoms with Crippen LogP contribution >= 0.6 is 0 Å². The molecule has 1 aromatic rings. The van der Waals surface area contributed by atoms with Gasteiger partial charge in [0, 0.05) is 17.8 Å². The summed E-state index contributed by atoms with van der Waals surface area (Å²) in [5.74, 6) is -2.01. The quantitative estimate of drug-likeness (QED) is 0.610. The van der Waals surface area contributed by atoms with Gasteiger partial charge in [-0.3, -0.25) is 9.59 Å². The Morgan fingerprint density at radius 2 is 1.84 bits per heavy atom. The lowest BCUT2D eigenvalue weighted by Crippen LogP contribution is -2.09. The topological polar surface area (TPSA) is 92.7 Å². The maximum Gasteiger partial charge on any atom is 0.330 e. The molecule has 1 aromatic carbocycles. The summed E-state index contributed by atoms with van der Waals surface area (Å²) in [7, 11) is 1.21. The molecule has 6 nitrogen and oxygen atoms in total. The van der Waals surface area contributed by atoms with Gasteiger partial charge in [0.1, 0.15) is 0 Å². The normalized spacial score (nSPS) is 10.2. The van der Waals surface area contributed by atoms with E-state index < -0.39 is 17.8 Å². The molecule has 1 rings (SSSR count). The molecule has 6 heteroatoms. The standard InChI is InChI=1S/C13H13NO5/c1-19-13(18)7-6-11(15)14-10-4-2-9(3-5-10)8-12(16)17/h2-7H,8H2,1H3,(H,14,15)(H,16,17)/b7-6+. The van der Waals surface area contributed by atoms with E-state index >= 15 is 0 Å². The maximum atomic E-state index is 11.4. The van der Waals surface area contributed by atoms with Crippen LogP contribution in [0.3, 0.4) is 0 Å². The molecule has 1 amide bonds. The molecular weight excluding hydrogens is 250 g/mol. The number of esters is 1. The first-order valence-corrected chi connectivity index (χ1v) is 5.39. The zero-order valence-corrected chi connectivity index (χ0v) is 10.3. The van der Waals surface area contributed by atoms with Gasteiger partial charge in [-0.2, -0.15) is 0 Å². The molecule has 0 saturated carbocycles. The van der Waals surface area contributed by atoms with Gasteiger partial charge in [0.05, 0.1) is 13.5 Å². The molecule has 2 N–H and O–H groups in total. The van der Waals surface area contributed by atoms with Crippen molar-refractivity contribution in [3.05, 3.63) is 42.0 Å². The van der Waals surface area contributed by atoms with Gasteiger partial charge >= 0.3 is 11.9 Å². The lowest BCUT2D eigenvalue weighted by Gasteiger charge is -2.03. The molecule has 19 heavy (non-hydrogen) atoms. The molecule has 0 unspecified atom stereocenters. The summed E-state index contributed by atoms with van der Waals surface area (Å²) in [6.07, 6.45) is 1.99. The summed E-state index contributed by atoms with van der Waals surface area (Å²) in [4.78, 5) is 32.7. The van der Waals surface area contributed by atoms with E-state index in [1.807, 2.05) is 0 Å². The van der Waals surface area contributed by atoms with Crippen molar-refractivity contribution in [2.24, 2.45) is 0 Å². The predicted molar refractivity (Wildman–Crippen MR) is 67.6 cm³/mol. The van der Waals surface area contributed by atoms with E-state index in [9.17, 15) is 14.4 Å². The van der Waals surface area contributed by atoms with E-state index in [-0.39, 0.29) is 6.42 Å². The van der Waals surface area contributed by atoms with Crippen LogP contribution in [0.4, 0.5) is 5.69 Å². The second kappa shape index (κ2) is 6.95. The number of hydrogen-bond acceptors (Lipinski definition) is 4. The van der Waals surface area contributed by atoms with Gasteiger partial charge in [-0.1, -0.05) is 12.1 Å². The van der Waals surface area contributed by atoms with Gasteiger partial charge in [-0.05, 0) is 17.7 Å². The third-order valence-corrected chi connectivity index (χ3v) is 2.15.